The molecule has 0 unspecified atom stereocenters. The molecule has 0 saturated carbocycles. The molecule has 0 aliphatic heterocycles. The Labute approximate surface area is 169 Å². The van der Waals surface area contributed by atoms with Gasteiger partial charge in [0, 0.05) is 6.26 Å². The summed E-state index contributed by atoms with van der Waals surface area (Å²) >= 11 is 2.28. The fourth-order valence-corrected chi connectivity index (χ4v) is 5.08. The Balaban J connectivity index is 1.53. The first-order valence-electron chi connectivity index (χ1n) is 7.94. The van der Waals surface area contributed by atoms with E-state index in [1.54, 1.807) is 4.68 Å². The Kier molecular flexibility index (Phi) is 5.11. The monoisotopic (exact) mass is 431 g/mol. The number of benzene rings is 2. The van der Waals surface area contributed by atoms with E-state index in [1.165, 1.54) is 18.0 Å². The molecule has 4 aromatic rings. The molecule has 0 fully saturated rings. The molecule has 0 aliphatic carbocycles. The van der Waals surface area contributed by atoms with E-state index >= 15 is 0 Å². The fraction of sp³-hybridized carbons (Fsp3) is 0.0588. The van der Waals surface area contributed by atoms with Crippen LogP contribution in [0.4, 0.5) is 0 Å². The van der Waals surface area contributed by atoms with E-state index < -0.39 is 9.84 Å². The van der Waals surface area contributed by atoms with Gasteiger partial charge in [-0.1, -0.05) is 29.5 Å². The van der Waals surface area contributed by atoms with E-state index in [0.717, 1.165) is 29.0 Å². The minimum absolute atomic E-state index is 0.205. The van der Waals surface area contributed by atoms with E-state index in [0.29, 0.717) is 15.2 Å². The zero-order chi connectivity index (χ0) is 19.6. The van der Waals surface area contributed by atoms with E-state index in [2.05, 4.69) is 20.5 Å². The Morgan fingerprint density at radius 1 is 1.04 bits per heavy atom. The Bertz CT molecular complexity index is 1190. The molecule has 0 bridgehead atoms. The third-order valence-electron chi connectivity index (χ3n) is 3.51. The van der Waals surface area contributed by atoms with Crippen molar-refractivity contribution in [2.45, 2.75) is 13.7 Å². The number of para-hydroxylation sites is 1. The summed E-state index contributed by atoms with van der Waals surface area (Å²) in [4.78, 5) is 4.13. The molecule has 142 valence electrons. The summed E-state index contributed by atoms with van der Waals surface area (Å²) in [5.41, 5.74) is 0.743. The summed E-state index contributed by atoms with van der Waals surface area (Å²) in [6, 6.07) is 16.8. The van der Waals surface area contributed by atoms with E-state index in [9.17, 15) is 8.42 Å². The third-order valence-corrected chi connectivity index (χ3v) is 7.31. The fourth-order valence-electron chi connectivity index (χ4n) is 2.23. The molecular formula is C17H13N5O3S3. The summed E-state index contributed by atoms with van der Waals surface area (Å²) in [5, 5.41) is 12.2. The van der Waals surface area contributed by atoms with Crippen molar-refractivity contribution < 1.29 is 13.2 Å². The first-order chi connectivity index (χ1) is 13.5. The van der Waals surface area contributed by atoms with Gasteiger partial charge in [-0.25, -0.2) is 13.4 Å². The molecule has 11 heteroatoms. The maximum absolute atomic E-state index is 11.6. The molecule has 2 aromatic carbocycles. The number of rotatable bonds is 6. The maximum atomic E-state index is 11.6. The normalized spacial score (nSPS) is 11.5. The van der Waals surface area contributed by atoms with Crippen LogP contribution in [0.3, 0.4) is 0 Å². The summed E-state index contributed by atoms with van der Waals surface area (Å²) in [7, 11) is -3.28. The van der Waals surface area contributed by atoms with Gasteiger partial charge in [0.2, 0.25) is 5.16 Å². The SMILES string of the molecule is CS(=O)(=O)c1cnc(Sc2nnnn2-c2ccc(Oc3ccccc3)cc2)s1. The molecule has 0 aliphatic rings. The van der Waals surface area contributed by atoms with Gasteiger partial charge in [0.25, 0.3) is 0 Å². The van der Waals surface area contributed by atoms with Gasteiger partial charge < -0.3 is 4.74 Å². The van der Waals surface area contributed by atoms with Gasteiger partial charge in [0.15, 0.2) is 14.2 Å². The predicted molar refractivity (Wildman–Crippen MR) is 105 cm³/mol. The summed E-state index contributed by atoms with van der Waals surface area (Å²) < 4.78 is 31.3. The lowest BCUT2D eigenvalue weighted by atomic mass is 10.3. The minimum atomic E-state index is -3.28. The molecule has 0 amide bonds. The highest BCUT2D eigenvalue weighted by molar-refractivity contribution is 8.01. The largest absolute Gasteiger partial charge is 0.457 e. The number of tetrazole rings is 1. The molecule has 28 heavy (non-hydrogen) atoms. The van der Waals surface area contributed by atoms with Crippen molar-refractivity contribution in [2.24, 2.45) is 0 Å². The number of nitrogens with zero attached hydrogens (tertiary/aromatic N) is 5. The van der Waals surface area contributed by atoms with Crippen LogP contribution >= 0.6 is 23.1 Å². The standard InChI is InChI=1S/C17H13N5O3S3/c1-28(23,24)15-11-18-17(26-15)27-16-19-20-21-22(16)12-7-9-14(10-8-12)25-13-5-3-2-4-6-13/h2-11H,1H3. The molecule has 0 atom stereocenters. The summed E-state index contributed by atoms with van der Waals surface area (Å²) in [5.74, 6) is 1.44. The molecule has 2 aromatic heterocycles. The minimum Gasteiger partial charge on any atom is -0.457 e. The van der Waals surface area contributed by atoms with Crippen molar-refractivity contribution in [1.29, 1.82) is 0 Å². The molecule has 0 radical (unpaired) electrons. The first-order valence-corrected chi connectivity index (χ1v) is 11.5. The lowest BCUT2D eigenvalue weighted by Gasteiger charge is -2.07. The number of sulfone groups is 1. The van der Waals surface area contributed by atoms with Gasteiger partial charge in [0.05, 0.1) is 11.9 Å². The van der Waals surface area contributed by atoms with Crippen molar-refractivity contribution in [3.63, 3.8) is 0 Å². The van der Waals surface area contributed by atoms with Crippen LogP contribution in [0.5, 0.6) is 11.5 Å². The molecule has 0 spiro atoms. The second kappa shape index (κ2) is 7.70. The highest BCUT2D eigenvalue weighted by atomic mass is 32.2. The predicted octanol–water partition coefficient (Wildman–Crippen LogP) is 3.47. The van der Waals surface area contributed by atoms with Crippen molar-refractivity contribution in [2.75, 3.05) is 6.26 Å². The second-order valence-electron chi connectivity index (χ2n) is 5.60. The summed E-state index contributed by atoms with van der Waals surface area (Å²) in [6.07, 6.45) is 2.49. The zero-order valence-electron chi connectivity index (χ0n) is 14.5. The molecule has 0 saturated heterocycles. The quantitative estimate of drug-likeness (QED) is 0.458. The van der Waals surface area contributed by atoms with E-state index in [1.807, 2.05) is 54.6 Å². The lowest BCUT2D eigenvalue weighted by Crippen LogP contribution is -1.98. The Morgan fingerprint density at radius 2 is 1.75 bits per heavy atom. The Morgan fingerprint density at radius 3 is 2.43 bits per heavy atom. The third kappa shape index (κ3) is 4.21. The molecule has 4 rings (SSSR count). The average Bonchev–Trinajstić information content (AvgIpc) is 3.33. The van der Waals surface area contributed by atoms with Crippen molar-refractivity contribution in [3.05, 3.63) is 60.8 Å². The van der Waals surface area contributed by atoms with Crippen LogP contribution in [0.2, 0.25) is 0 Å². The van der Waals surface area contributed by atoms with Crippen molar-refractivity contribution in [1.82, 2.24) is 25.2 Å². The number of aromatic nitrogens is 5. The Hall–Kier alpha value is -2.76. The molecular weight excluding hydrogens is 418 g/mol. The summed E-state index contributed by atoms with van der Waals surface area (Å²) in [6.45, 7) is 0. The number of ether oxygens (including phenoxy) is 1. The van der Waals surface area contributed by atoms with Gasteiger partial charge in [-0.05, 0) is 58.6 Å². The molecule has 2 heterocycles. The van der Waals surface area contributed by atoms with Crippen molar-refractivity contribution in [3.8, 4) is 17.2 Å². The van der Waals surface area contributed by atoms with Gasteiger partial charge in [-0.15, -0.1) is 5.10 Å². The van der Waals surface area contributed by atoms with Crippen LogP contribution in [0.15, 0.2) is 74.5 Å². The van der Waals surface area contributed by atoms with Crippen LogP contribution < -0.4 is 4.74 Å². The number of hydrogen-bond acceptors (Lipinski definition) is 9. The van der Waals surface area contributed by atoms with Crippen molar-refractivity contribution >= 4 is 32.9 Å². The topological polar surface area (TPSA) is 99.9 Å². The smallest absolute Gasteiger partial charge is 0.221 e. The average molecular weight is 432 g/mol. The first kappa shape index (κ1) is 18.6. The van der Waals surface area contributed by atoms with Crippen LogP contribution in [0.25, 0.3) is 5.69 Å². The van der Waals surface area contributed by atoms with Crippen LogP contribution in [0.1, 0.15) is 0 Å². The second-order valence-corrected chi connectivity index (χ2v) is 10.1. The number of hydrogen-bond donors (Lipinski definition) is 0. The van der Waals surface area contributed by atoms with E-state index in [4.69, 9.17) is 4.74 Å². The van der Waals surface area contributed by atoms with Gasteiger partial charge >= 0.3 is 0 Å². The van der Waals surface area contributed by atoms with Crippen LogP contribution in [-0.4, -0.2) is 39.9 Å². The highest BCUT2D eigenvalue weighted by Gasteiger charge is 2.16. The lowest BCUT2D eigenvalue weighted by molar-refractivity contribution is 0.482. The van der Waals surface area contributed by atoms with E-state index in [-0.39, 0.29) is 4.21 Å². The highest BCUT2D eigenvalue weighted by Crippen LogP contribution is 2.32. The van der Waals surface area contributed by atoms with Gasteiger partial charge in [-0.2, -0.15) is 4.68 Å². The van der Waals surface area contributed by atoms with Gasteiger partial charge in [-0.3, -0.25) is 0 Å². The maximum Gasteiger partial charge on any atom is 0.221 e. The zero-order valence-corrected chi connectivity index (χ0v) is 16.9. The van der Waals surface area contributed by atoms with Crippen LogP contribution in [0, 0.1) is 0 Å². The molecule has 8 nitrogen and oxygen atoms in total. The van der Waals surface area contributed by atoms with Gasteiger partial charge in [0.1, 0.15) is 15.7 Å². The number of thiazole rings is 1. The van der Waals surface area contributed by atoms with Crippen LogP contribution in [-0.2, 0) is 9.84 Å². The molecule has 0 N–H and O–H groups in total.